The van der Waals surface area contributed by atoms with E-state index in [1.54, 1.807) is 11.7 Å². The number of aryl methyl sites for hydroxylation is 1. The molecule has 0 aromatic carbocycles. The molecule has 1 N–H and O–H groups in total. The van der Waals surface area contributed by atoms with Crippen LogP contribution in [0.4, 0.5) is 0 Å². The highest BCUT2D eigenvalue weighted by atomic mass is 16.3. The van der Waals surface area contributed by atoms with E-state index in [2.05, 4.69) is 23.9 Å². The Hall–Kier alpha value is -0.900. The molecule has 0 bridgehead atoms. The van der Waals surface area contributed by atoms with Crippen molar-refractivity contribution >= 4 is 0 Å². The third-order valence-corrected chi connectivity index (χ3v) is 2.98. The van der Waals surface area contributed by atoms with E-state index in [0.29, 0.717) is 11.7 Å². The largest absolute Gasteiger partial charge is 0.385 e. The quantitative estimate of drug-likeness (QED) is 0.737. The average Bonchev–Trinajstić information content (AvgIpc) is 2.49. The predicted molar refractivity (Wildman–Crippen MR) is 47.9 cm³/mol. The molecule has 4 heteroatoms. The van der Waals surface area contributed by atoms with E-state index < -0.39 is 6.10 Å². The Morgan fingerprint density at radius 3 is 2.69 bits per heavy atom. The molecule has 0 radical (unpaired) electrons. The molecular formula is C9H15N3O. The molecular weight excluding hydrogens is 166 g/mol. The minimum atomic E-state index is -0.456. The zero-order valence-corrected chi connectivity index (χ0v) is 8.23. The lowest BCUT2D eigenvalue weighted by Crippen LogP contribution is -2.11. The van der Waals surface area contributed by atoms with Crippen molar-refractivity contribution in [1.82, 2.24) is 14.8 Å². The Morgan fingerprint density at radius 2 is 2.31 bits per heavy atom. The lowest BCUT2D eigenvalue weighted by Gasteiger charge is -2.10. The predicted octanol–water partition coefficient (Wildman–Crippen LogP) is 0.895. The monoisotopic (exact) mass is 181 g/mol. The molecule has 2 rings (SSSR count). The van der Waals surface area contributed by atoms with Gasteiger partial charge in [-0.3, -0.25) is 4.68 Å². The van der Waals surface area contributed by atoms with Crippen molar-refractivity contribution in [3.05, 3.63) is 12.2 Å². The Balaban J connectivity index is 2.15. The third-order valence-electron chi connectivity index (χ3n) is 2.98. The Kier molecular flexibility index (Phi) is 1.70. The summed E-state index contributed by atoms with van der Waals surface area (Å²) in [4.78, 5) is 4.04. The summed E-state index contributed by atoms with van der Waals surface area (Å²) in [6.07, 6.45) is 2.09. The maximum absolute atomic E-state index is 9.94. The fourth-order valence-electron chi connectivity index (χ4n) is 1.80. The fourth-order valence-corrected chi connectivity index (χ4v) is 1.80. The van der Waals surface area contributed by atoms with Crippen molar-refractivity contribution in [2.45, 2.75) is 26.4 Å². The van der Waals surface area contributed by atoms with Gasteiger partial charge in [0.25, 0.3) is 0 Å². The van der Waals surface area contributed by atoms with Gasteiger partial charge in [0.2, 0.25) is 0 Å². The van der Waals surface area contributed by atoms with Gasteiger partial charge in [0.05, 0.1) is 0 Å². The lowest BCUT2D eigenvalue weighted by molar-refractivity contribution is 0.125. The molecule has 1 aromatic heterocycles. The number of hydrogen-bond donors (Lipinski definition) is 1. The van der Waals surface area contributed by atoms with E-state index in [1.165, 1.54) is 6.33 Å². The van der Waals surface area contributed by atoms with Gasteiger partial charge in [-0.25, -0.2) is 4.98 Å². The van der Waals surface area contributed by atoms with Crippen molar-refractivity contribution in [2.24, 2.45) is 18.4 Å². The summed E-state index contributed by atoms with van der Waals surface area (Å²) < 4.78 is 1.64. The molecule has 0 aliphatic heterocycles. The highest BCUT2D eigenvalue weighted by Crippen LogP contribution is 2.57. The molecule has 1 aliphatic rings. The third kappa shape index (κ3) is 1.35. The Morgan fingerprint density at radius 1 is 1.69 bits per heavy atom. The molecule has 0 spiro atoms. The topological polar surface area (TPSA) is 50.9 Å². The van der Waals surface area contributed by atoms with Crippen LogP contribution < -0.4 is 0 Å². The van der Waals surface area contributed by atoms with Gasteiger partial charge in [-0.05, 0) is 17.8 Å². The first-order valence-corrected chi connectivity index (χ1v) is 4.54. The highest BCUT2D eigenvalue weighted by molar-refractivity contribution is 5.05. The van der Waals surface area contributed by atoms with Gasteiger partial charge < -0.3 is 5.11 Å². The summed E-state index contributed by atoms with van der Waals surface area (Å²) in [5, 5.41) is 13.9. The van der Waals surface area contributed by atoms with Crippen molar-refractivity contribution in [3.63, 3.8) is 0 Å². The minimum Gasteiger partial charge on any atom is -0.385 e. The molecule has 13 heavy (non-hydrogen) atoms. The van der Waals surface area contributed by atoms with Gasteiger partial charge in [0, 0.05) is 7.05 Å². The molecule has 0 saturated heterocycles. The van der Waals surface area contributed by atoms with Crippen LogP contribution >= 0.6 is 0 Å². The average molecular weight is 181 g/mol. The van der Waals surface area contributed by atoms with E-state index >= 15 is 0 Å². The van der Waals surface area contributed by atoms with E-state index in [0.717, 1.165) is 6.42 Å². The number of nitrogens with zero attached hydrogens (tertiary/aromatic N) is 3. The van der Waals surface area contributed by atoms with Crippen LogP contribution in [0.25, 0.3) is 0 Å². The van der Waals surface area contributed by atoms with Gasteiger partial charge >= 0.3 is 0 Å². The van der Waals surface area contributed by atoms with Gasteiger partial charge in [-0.1, -0.05) is 13.8 Å². The van der Waals surface area contributed by atoms with E-state index in [1.807, 2.05) is 0 Å². The smallest absolute Gasteiger partial charge is 0.155 e. The second-order valence-corrected chi connectivity index (χ2v) is 4.49. The van der Waals surface area contributed by atoms with Crippen LogP contribution in [0.5, 0.6) is 0 Å². The van der Waals surface area contributed by atoms with Gasteiger partial charge in [-0.2, -0.15) is 5.10 Å². The van der Waals surface area contributed by atoms with Crippen molar-refractivity contribution in [3.8, 4) is 0 Å². The Bertz CT molecular complexity index is 318. The van der Waals surface area contributed by atoms with Crippen molar-refractivity contribution in [1.29, 1.82) is 0 Å². The zero-order chi connectivity index (χ0) is 9.64. The van der Waals surface area contributed by atoms with Crippen LogP contribution in [0.15, 0.2) is 6.33 Å². The number of aliphatic hydroxyl groups excluding tert-OH is 1. The molecule has 1 fully saturated rings. The summed E-state index contributed by atoms with van der Waals surface area (Å²) in [7, 11) is 1.81. The maximum atomic E-state index is 9.94. The van der Waals surface area contributed by atoms with Crippen LogP contribution in [0.1, 0.15) is 32.2 Å². The first-order chi connectivity index (χ1) is 6.02. The first-order valence-electron chi connectivity index (χ1n) is 4.54. The molecule has 2 unspecified atom stereocenters. The van der Waals surface area contributed by atoms with Crippen LogP contribution in [-0.4, -0.2) is 19.9 Å². The van der Waals surface area contributed by atoms with E-state index in [9.17, 15) is 5.11 Å². The van der Waals surface area contributed by atoms with Crippen molar-refractivity contribution < 1.29 is 5.11 Å². The van der Waals surface area contributed by atoms with Gasteiger partial charge in [-0.15, -0.1) is 0 Å². The summed E-state index contributed by atoms with van der Waals surface area (Å²) in [5.41, 5.74) is 0.269. The van der Waals surface area contributed by atoms with E-state index in [-0.39, 0.29) is 5.41 Å². The molecule has 4 nitrogen and oxygen atoms in total. The van der Waals surface area contributed by atoms with E-state index in [4.69, 9.17) is 0 Å². The summed E-state index contributed by atoms with van der Waals surface area (Å²) in [6, 6.07) is 0. The number of rotatable bonds is 2. The highest BCUT2D eigenvalue weighted by Gasteiger charge is 2.51. The summed E-state index contributed by atoms with van der Waals surface area (Å²) in [5.74, 6) is 1.02. The van der Waals surface area contributed by atoms with Crippen molar-refractivity contribution in [2.75, 3.05) is 0 Å². The number of aromatic nitrogens is 3. The molecule has 72 valence electrons. The normalized spacial score (nSPS) is 27.2. The van der Waals surface area contributed by atoms with Crippen LogP contribution in [0.2, 0.25) is 0 Å². The first kappa shape index (κ1) is 8.69. The van der Waals surface area contributed by atoms with Gasteiger partial charge in [0.1, 0.15) is 12.4 Å². The Labute approximate surface area is 77.6 Å². The van der Waals surface area contributed by atoms with Crippen LogP contribution in [-0.2, 0) is 7.05 Å². The number of aliphatic hydroxyl groups is 1. The SMILES string of the molecule is Cn1ncnc1C(O)C1CC1(C)C. The molecule has 2 atom stereocenters. The molecule has 1 saturated carbocycles. The molecule has 1 aliphatic carbocycles. The lowest BCUT2D eigenvalue weighted by atomic mass is 10.1. The van der Waals surface area contributed by atoms with Gasteiger partial charge in [0.15, 0.2) is 5.82 Å². The second kappa shape index (κ2) is 2.54. The summed E-state index contributed by atoms with van der Waals surface area (Å²) >= 11 is 0. The zero-order valence-electron chi connectivity index (χ0n) is 8.23. The second-order valence-electron chi connectivity index (χ2n) is 4.49. The summed E-state index contributed by atoms with van der Waals surface area (Å²) in [6.45, 7) is 4.33. The molecule has 1 heterocycles. The molecule has 1 aromatic rings. The molecule has 0 amide bonds. The standard InChI is InChI=1S/C9H15N3O/c1-9(2)4-6(9)7(13)8-10-5-11-12(8)3/h5-7,13H,4H2,1-3H3. The number of hydrogen-bond acceptors (Lipinski definition) is 3. The fraction of sp³-hybridized carbons (Fsp3) is 0.778. The minimum absolute atomic E-state index is 0.269. The maximum Gasteiger partial charge on any atom is 0.155 e. The van der Waals surface area contributed by atoms with Crippen LogP contribution in [0, 0.1) is 11.3 Å². The van der Waals surface area contributed by atoms with Crippen LogP contribution in [0.3, 0.4) is 0 Å².